The number of alkyl carbamates (subject to hydrolysis) is 1. The van der Waals surface area contributed by atoms with Crippen molar-refractivity contribution in [3.05, 3.63) is 46.6 Å². The van der Waals surface area contributed by atoms with Crippen LogP contribution in [0.5, 0.6) is 0 Å². The smallest absolute Gasteiger partial charge is 0.407 e. The van der Waals surface area contributed by atoms with Gasteiger partial charge in [0.15, 0.2) is 11.9 Å². The van der Waals surface area contributed by atoms with Gasteiger partial charge in [0.05, 0.1) is 6.54 Å². The maximum atomic E-state index is 12.4. The summed E-state index contributed by atoms with van der Waals surface area (Å²) in [7, 11) is 0. The summed E-state index contributed by atoms with van der Waals surface area (Å²) in [4.78, 5) is 26.1. The molecule has 24 heavy (non-hydrogen) atoms. The SMILES string of the molecule is C#CCN1C=CC(=O)[C@@H](OC(=O)NCCC)[C@H]1c1ccccc1Br. The summed E-state index contributed by atoms with van der Waals surface area (Å²) in [6.07, 6.45) is 7.70. The Balaban J connectivity index is 2.35. The van der Waals surface area contributed by atoms with Gasteiger partial charge in [-0.1, -0.05) is 47.0 Å². The van der Waals surface area contributed by atoms with Gasteiger partial charge in [0.25, 0.3) is 0 Å². The van der Waals surface area contributed by atoms with E-state index in [1.807, 2.05) is 36.1 Å². The van der Waals surface area contributed by atoms with Gasteiger partial charge in [-0.05, 0) is 18.1 Å². The van der Waals surface area contributed by atoms with Crippen LogP contribution in [0.2, 0.25) is 0 Å². The maximum absolute atomic E-state index is 12.4. The molecule has 6 heteroatoms. The van der Waals surface area contributed by atoms with Crippen molar-refractivity contribution in [2.24, 2.45) is 0 Å². The molecular formula is C18H19BrN2O3. The third-order valence-electron chi connectivity index (χ3n) is 3.61. The summed E-state index contributed by atoms with van der Waals surface area (Å²) in [5.74, 6) is 2.30. The lowest BCUT2D eigenvalue weighted by atomic mass is 9.94. The second-order valence-electron chi connectivity index (χ2n) is 5.31. The van der Waals surface area contributed by atoms with Gasteiger partial charge in [0, 0.05) is 23.3 Å². The Morgan fingerprint density at radius 1 is 1.46 bits per heavy atom. The van der Waals surface area contributed by atoms with Crippen LogP contribution in [0.15, 0.2) is 41.0 Å². The molecule has 5 nitrogen and oxygen atoms in total. The number of halogens is 1. The van der Waals surface area contributed by atoms with Gasteiger partial charge >= 0.3 is 6.09 Å². The van der Waals surface area contributed by atoms with Crippen LogP contribution in [0, 0.1) is 12.3 Å². The third kappa shape index (κ3) is 4.18. The number of ether oxygens (including phenoxy) is 1. The lowest BCUT2D eigenvalue weighted by molar-refractivity contribution is -0.127. The van der Waals surface area contributed by atoms with E-state index in [0.29, 0.717) is 13.1 Å². The number of amides is 1. The van der Waals surface area contributed by atoms with Gasteiger partial charge in [-0.2, -0.15) is 0 Å². The van der Waals surface area contributed by atoms with E-state index in [1.165, 1.54) is 6.08 Å². The first-order valence-corrected chi connectivity index (χ1v) is 8.48. The zero-order valence-corrected chi connectivity index (χ0v) is 15.0. The number of hydrogen-bond acceptors (Lipinski definition) is 4. The number of nitrogens with zero attached hydrogens (tertiary/aromatic N) is 1. The summed E-state index contributed by atoms with van der Waals surface area (Å²) in [6, 6.07) is 7.02. The molecule has 126 valence electrons. The normalized spacial score (nSPS) is 19.7. The lowest BCUT2D eigenvalue weighted by Gasteiger charge is -2.37. The lowest BCUT2D eigenvalue weighted by Crippen LogP contribution is -2.45. The van der Waals surface area contributed by atoms with Gasteiger partial charge in [-0.15, -0.1) is 6.42 Å². The minimum atomic E-state index is -0.959. The van der Waals surface area contributed by atoms with Gasteiger partial charge in [0.1, 0.15) is 6.04 Å². The van der Waals surface area contributed by atoms with Crippen LogP contribution in [0.4, 0.5) is 4.79 Å². The summed E-state index contributed by atoms with van der Waals surface area (Å²) in [6.45, 7) is 2.73. The van der Waals surface area contributed by atoms with Crippen molar-refractivity contribution in [2.45, 2.75) is 25.5 Å². The molecule has 2 rings (SSSR count). The van der Waals surface area contributed by atoms with Crippen LogP contribution in [0.25, 0.3) is 0 Å². The topological polar surface area (TPSA) is 58.6 Å². The predicted octanol–water partition coefficient (Wildman–Crippen LogP) is 3.03. The van der Waals surface area contributed by atoms with Crippen molar-refractivity contribution in [3.63, 3.8) is 0 Å². The average molecular weight is 391 g/mol. The zero-order chi connectivity index (χ0) is 17.5. The third-order valence-corrected chi connectivity index (χ3v) is 4.33. The first-order valence-electron chi connectivity index (χ1n) is 7.68. The highest BCUT2D eigenvalue weighted by Gasteiger charge is 2.38. The van der Waals surface area contributed by atoms with E-state index >= 15 is 0 Å². The Hall–Kier alpha value is -2.26. The molecular weight excluding hydrogens is 372 g/mol. The maximum Gasteiger partial charge on any atom is 0.407 e. The molecule has 1 aliphatic rings. The summed E-state index contributed by atoms with van der Waals surface area (Å²) in [5.41, 5.74) is 0.832. The number of rotatable bonds is 5. The van der Waals surface area contributed by atoms with Crippen molar-refractivity contribution >= 4 is 27.8 Å². The van der Waals surface area contributed by atoms with E-state index in [1.54, 1.807) is 6.20 Å². The number of hydrogen-bond donors (Lipinski definition) is 1. The van der Waals surface area contributed by atoms with Crippen molar-refractivity contribution in [1.82, 2.24) is 10.2 Å². The molecule has 0 spiro atoms. The number of terminal acetylenes is 1. The average Bonchev–Trinajstić information content (AvgIpc) is 2.57. The molecule has 0 bridgehead atoms. The van der Waals surface area contributed by atoms with Gasteiger partial charge < -0.3 is 15.0 Å². The van der Waals surface area contributed by atoms with Crippen LogP contribution in [0.1, 0.15) is 24.9 Å². The van der Waals surface area contributed by atoms with Crippen LogP contribution in [0.3, 0.4) is 0 Å². The van der Waals surface area contributed by atoms with Crippen LogP contribution < -0.4 is 5.32 Å². The van der Waals surface area contributed by atoms with E-state index in [4.69, 9.17) is 11.2 Å². The number of benzene rings is 1. The molecule has 1 aliphatic heterocycles. The van der Waals surface area contributed by atoms with E-state index in [0.717, 1.165) is 16.5 Å². The molecule has 1 amide bonds. The predicted molar refractivity (Wildman–Crippen MR) is 95.1 cm³/mol. The standard InChI is InChI=1S/C18H19BrN2O3/c1-3-10-20-18(23)24-17-15(22)9-12-21(11-4-2)16(17)13-7-5-6-8-14(13)19/h2,5-9,12,16-17H,3,10-11H2,1H3,(H,20,23)/t16-,17-/m1/s1. The van der Waals surface area contributed by atoms with Crippen molar-refractivity contribution in [3.8, 4) is 12.3 Å². The molecule has 0 aromatic heterocycles. The first-order chi connectivity index (χ1) is 11.6. The Bertz CT molecular complexity index is 681. The Labute approximate surface area is 150 Å². The molecule has 0 saturated heterocycles. The second kappa shape index (κ2) is 8.55. The molecule has 0 aliphatic carbocycles. The molecule has 2 atom stereocenters. The largest absolute Gasteiger partial charge is 0.435 e. The fourth-order valence-corrected chi connectivity index (χ4v) is 3.03. The van der Waals surface area contributed by atoms with Crippen molar-refractivity contribution in [1.29, 1.82) is 0 Å². The number of carbonyl (C=O) groups excluding carboxylic acids is 2. The van der Waals surface area contributed by atoms with Crippen molar-refractivity contribution in [2.75, 3.05) is 13.1 Å². The highest BCUT2D eigenvalue weighted by Crippen LogP contribution is 2.34. The Kier molecular flexibility index (Phi) is 6.44. The zero-order valence-electron chi connectivity index (χ0n) is 13.4. The Morgan fingerprint density at radius 2 is 2.21 bits per heavy atom. The molecule has 0 saturated carbocycles. The molecule has 1 aromatic rings. The van der Waals surface area contributed by atoms with E-state index in [9.17, 15) is 9.59 Å². The molecule has 1 aromatic carbocycles. The summed E-state index contributed by atoms with van der Waals surface area (Å²) >= 11 is 3.50. The van der Waals surface area contributed by atoms with Gasteiger partial charge in [-0.25, -0.2) is 4.79 Å². The number of carbonyl (C=O) groups is 2. The van der Waals surface area contributed by atoms with E-state index in [-0.39, 0.29) is 5.78 Å². The highest BCUT2D eigenvalue weighted by atomic mass is 79.9. The van der Waals surface area contributed by atoms with Crippen LogP contribution in [-0.4, -0.2) is 36.0 Å². The molecule has 1 N–H and O–H groups in total. The molecule has 1 heterocycles. The fourth-order valence-electron chi connectivity index (χ4n) is 2.51. The first kappa shape index (κ1) is 18.1. The molecule has 0 radical (unpaired) electrons. The Morgan fingerprint density at radius 3 is 2.88 bits per heavy atom. The number of nitrogens with one attached hydrogen (secondary N) is 1. The van der Waals surface area contributed by atoms with Gasteiger partial charge in [-0.3, -0.25) is 4.79 Å². The monoisotopic (exact) mass is 390 g/mol. The van der Waals surface area contributed by atoms with E-state index in [2.05, 4.69) is 27.2 Å². The minimum Gasteiger partial charge on any atom is -0.435 e. The molecule has 0 unspecified atom stereocenters. The minimum absolute atomic E-state index is 0.268. The highest BCUT2D eigenvalue weighted by molar-refractivity contribution is 9.10. The van der Waals surface area contributed by atoms with Crippen molar-refractivity contribution < 1.29 is 14.3 Å². The number of ketones is 1. The van der Waals surface area contributed by atoms with Gasteiger partial charge in [0.2, 0.25) is 0 Å². The van der Waals surface area contributed by atoms with Crippen LogP contribution in [-0.2, 0) is 9.53 Å². The summed E-state index contributed by atoms with van der Waals surface area (Å²) < 4.78 is 6.24. The van der Waals surface area contributed by atoms with Crippen LogP contribution >= 0.6 is 15.9 Å². The molecule has 0 fully saturated rings. The fraction of sp³-hybridized carbons (Fsp3) is 0.333. The van der Waals surface area contributed by atoms with E-state index < -0.39 is 18.2 Å². The summed E-state index contributed by atoms with van der Waals surface area (Å²) in [5, 5.41) is 2.63. The second-order valence-corrected chi connectivity index (χ2v) is 6.17. The quantitative estimate of drug-likeness (QED) is 0.784.